The number of carbonyl (C=O) groups is 2. The molecule has 0 aromatic heterocycles. The predicted molar refractivity (Wildman–Crippen MR) is 87.9 cm³/mol. The predicted octanol–water partition coefficient (Wildman–Crippen LogP) is 2.09. The maximum Gasteiger partial charge on any atom is 0.225 e. The van der Waals surface area contributed by atoms with Crippen LogP contribution < -0.4 is 5.32 Å². The zero-order valence-electron chi connectivity index (χ0n) is 13.5. The van der Waals surface area contributed by atoms with E-state index in [0.717, 1.165) is 45.2 Å². The van der Waals surface area contributed by atoms with Gasteiger partial charge in [-0.1, -0.05) is 24.3 Å². The van der Waals surface area contributed by atoms with Crippen LogP contribution in [0.15, 0.2) is 24.3 Å². The molecule has 1 heterocycles. The van der Waals surface area contributed by atoms with Crippen molar-refractivity contribution in [1.29, 1.82) is 0 Å². The van der Waals surface area contributed by atoms with Gasteiger partial charge in [0.1, 0.15) is 0 Å². The maximum absolute atomic E-state index is 12.5. The normalized spacial score (nSPS) is 26.2. The van der Waals surface area contributed by atoms with Crippen LogP contribution in [0.25, 0.3) is 0 Å². The molecule has 2 amide bonds. The summed E-state index contributed by atoms with van der Waals surface area (Å²) in [6, 6.07) is 8.46. The summed E-state index contributed by atoms with van der Waals surface area (Å²) in [6.07, 6.45) is 4.98. The third kappa shape index (κ3) is 2.99. The molecule has 1 aromatic rings. The van der Waals surface area contributed by atoms with Gasteiger partial charge in [-0.2, -0.15) is 0 Å². The molecule has 122 valence electrons. The highest BCUT2D eigenvalue weighted by atomic mass is 16.2. The van der Waals surface area contributed by atoms with Crippen molar-refractivity contribution in [2.45, 2.75) is 38.0 Å². The van der Waals surface area contributed by atoms with Gasteiger partial charge in [0.05, 0.1) is 5.92 Å². The molecule has 0 spiro atoms. The highest BCUT2D eigenvalue weighted by Crippen LogP contribution is 2.34. The number of rotatable bonds is 4. The van der Waals surface area contributed by atoms with Crippen LogP contribution in [0.4, 0.5) is 0 Å². The molecular formula is C19H24N2O2. The molecule has 4 heteroatoms. The topological polar surface area (TPSA) is 49.4 Å². The van der Waals surface area contributed by atoms with Crippen LogP contribution in [0.5, 0.6) is 0 Å². The number of hydrogen-bond acceptors (Lipinski definition) is 2. The standard InChI is InChI=1S/C19H24N2O2/c22-18(20-11-16-10-14-4-1-2-6-17(14)16)15-5-3-9-21(12-15)19(23)13-7-8-13/h1-2,4,6,13,15-16H,3,5,7-12H2,(H,20,22)/t15-,16+/m1/s1. The minimum absolute atomic E-state index is 0.0261. The third-order valence-corrected chi connectivity index (χ3v) is 5.51. The quantitative estimate of drug-likeness (QED) is 0.925. The Morgan fingerprint density at radius 3 is 2.74 bits per heavy atom. The molecule has 23 heavy (non-hydrogen) atoms. The molecule has 4 rings (SSSR count). The number of hydrogen-bond donors (Lipinski definition) is 1. The van der Waals surface area contributed by atoms with Crippen molar-refractivity contribution in [2.75, 3.05) is 19.6 Å². The van der Waals surface area contributed by atoms with Crippen LogP contribution in [0.3, 0.4) is 0 Å². The van der Waals surface area contributed by atoms with Crippen molar-refractivity contribution in [3.63, 3.8) is 0 Å². The number of nitrogens with one attached hydrogen (secondary N) is 1. The zero-order chi connectivity index (χ0) is 15.8. The molecule has 0 bridgehead atoms. The van der Waals surface area contributed by atoms with Crippen molar-refractivity contribution in [3.8, 4) is 0 Å². The lowest BCUT2D eigenvalue weighted by molar-refractivity contribution is -0.136. The van der Waals surface area contributed by atoms with E-state index in [1.165, 1.54) is 11.1 Å². The molecule has 0 radical (unpaired) electrons. The molecule has 2 atom stereocenters. The van der Waals surface area contributed by atoms with Crippen LogP contribution in [0, 0.1) is 11.8 Å². The van der Waals surface area contributed by atoms with Crippen molar-refractivity contribution in [2.24, 2.45) is 11.8 Å². The van der Waals surface area contributed by atoms with Crippen LogP contribution in [-0.4, -0.2) is 36.3 Å². The van der Waals surface area contributed by atoms with Crippen LogP contribution in [-0.2, 0) is 16.0 Å². The molecule has 0 unspecified atom stereocenters. The van der Waals surface area contributed by atoms with Crippen LogP contribution >= 0.6 is 0 Å². The molecule has 1 N–H and O–H groups in total. The fourth-order valence-electron chi connectivity index (χ4n) is 3.89. The van der Waals surface area contributed by atoms with E-state index in [1.807, 2.05) is 4.90 Å². The van der Waals surface area contributed by atoms with E-state index in [9.17, 15) is 9.59 Å². The molecule has 1 saturated carbocycles. The van der Waals surface area contributed by atoms with E-state index in [0.29, 0.717) is 12.5 Å². The SMILES string of the molecule is O=C(NC[C@@H]1Cc2ccccc21)[C@@H]1CCCN(C(=O)C2CC2)C1. The summed E-state index contributed by atoms with van der Waals surface area (Å²) in [6.45, 7) is 2.17. The van der Waals surface area contributed by atoms with Gasteiger partial charge in [-0.15, -0.1) is 0 Å². The largest absolute Gasteiger partial charge is 0.355 e. The van der Waals surface area contributed by atoms with Gasteiger partial charge in [-0.05, 0) is 43.2 Å². The second-order valence-corrected chi connectivity index (χ2v) is 7.24. The first-order chi connectivity index (χ1) is 11.2. The summed E-state index contributed by atoms with van der Waals surface area (Å²) in [7, 11) is 0. The van der Waals surface area contributed by atoms with Gasteiger partial charge < -0.3 is 10.2 Å². The third-order valence-electron chi connectivity index (χ3n) is 5.51. The Hall–Kier alpha value is -1.84. The van der Waals surface area contributed by atoms with Crippen molar-refractivity contribution in [3.05, 3.63) is 35.4 Å². The number of likely N-dealkylation sites (tertiary alicyclic amines) is 1. The molecule has 4 nitrogen and oxygen atoms in total. The Balaban J connectivity index is 1.28. The molecule has 2 aliphatic carbocycles. The number of carbonyl (C=O) groups excluding carboxylic acids is 2. The van der Waals surface area contributed by atoms with E-state index < -0.39 is 0 Å². The lowest BCUT2D eigenvalue weighted by Gasteiger charge is -2.34. The Labute approximate surface area is 137 Å². The average molecular weight is 312 g/mol. The minimum atomic E-state index is -0.0261. The number of fused-ring (bicyclic) bond motifs is 1. The second-order valence-electron chi connectivity index (χ2n) is 7.24. The van der Waals surface area contributed by atoms with Gasteiger partial charge >= 0.3 is 0 Å². The van der Waals surface area contributed by atoms with Gasteiger partial charge in [0, 0.05) is 31.5 Å². The average Bonchev–Trinajstić information content (AvgIpc) is 3.40. The van der Waals surface area contributed by atoms with E-state index in [1.54, 1.807) is 0 Å². The summed E-state index contributed by atoms with van der Waals surface area (Å²) in [5, 5.41) is 3.12. The number of amides is 2. The summed E-state index contributed by atoms with van der Waals surface area (Å²) < 4.78 is 0. The summed E-state index contributed by atoms with van der Waals surface area (Å²) >= 11 is 0. The number of nitrogens with zero attached hydrogens (tertiary/aromatic N) is 1. The fraction of sp³-hybridized carbons (Fsp3) is 0.579. The van der Waals surface area contributed by atoms with Gasteiger partial charge in [0.15, 0.2) is 0 Å². The first kappa shape index (κ1) is 14.7. The molecule has 3 aliphatic rings. The molecule has 1 aromatic carbocycles. The van der Waals surface area contributed by atoms with Gasteiger partial charge in [0.2, 0.25) is 11.8 Å². The Bertz CT molecular complexity index is 624. The van der Waals surface area contributed by atoms with Gasteiger partial charge in [-0.3, -0.25) is 9.59 Å². The number of piperidine rings is 1. The summed E-state index contributed by atoms with van der Waals surface area (Å²) in [4.78, 5) is 26.6. The van der Waals surface area contributed by atoms with Gasteiger partial charge in [-0.25, -0.2) is 0 Å². The van der Waals surface area contributed by atoms with E-state index in [-0.39, 0.29) is 23.7 Å². The maximum atomic E-state index is 12.5. The highest BCUT2D eigenvalue weighted by Gasteiger charge is 2.37. The molecular weight excluding hydrogens is 288 g/mol. The van der Waals surface area contributed by atoms with E-state index >= 15 is 0 Å². The monoisotopic (exact) mass is 312 g/mol. The van der Waals surface area contributed by atoms with Crippen LogP contribution in [0.2, 0.25) is 0 Å². The molecule has 1 saturated heterocycles. The molecule has 1 aliphatic heterocycles. The summed E-state index contributed by atoms with van der Waals surface area (Å²) in [5.41, 5.74) is 2.78. The summed E-state index contributed by atoms with van der Waals surface area (Å²) in [5.74, 6) is 1.09. The van der Waals surface area contributed by atoms with Crippen molar-refractivity contribution >= 4 is 11.8 Å². The van der Waals surface area contributed by atoms with E-state index in [2.05, 4.69) is 29.6 Å². The Morgan fingerprint density at radius 1 is 1.13 bits per heavy atom. The van der Waals surface area contributed by atoms with E-state index in [4.69, 9.17) is 0 Å². The Morgan fingerprint density at radius 2 is 1.96 bits per heavy atom. The first-order valence-corrected chi connectivity index (χ1v) is 8.86. The zero-order valence-corrected chi connectivity index (χ0v) is 13.5. The van der Waals surface area contributed by atoms with Crippen molar-refractivity contribution in [1.82, 2.24) is 10.2 Å². The van der Waals surface area contributed by atoms with Crippen molar-refractivity contribution < 1.29 is 9.59 Å². The molecule has 2 fully saturated rings. The smallest absolute Gasteiger partial charge is 0.225 e. The second kappa shape index (κ2) is 5.99. The fourth-order valence-corrected chi connectivity index (χ4v) is 3.89. The minimum Gasteiger partial charge on any atom is -0.355 e. The lowest BCUT2D eigenvalue weighted by atomic mass is 9.77. The first-order valence-electron chi connectivity index (χ1n) is 8.86. The van der Waals surface area contributed by atoms with Gasteiger partial charge in [0.25, 0.3) is 0 Å². The number of benzene rings is 1. The van der Waals surface area contributed by atoms with Crippen LogP contribution in [0.1, 0.15) is 42.7 Å². The highest BCUT2D eigenvalue weighted by molar-refractivity contribution is 5.83. The Kier molecular flexibility index (Phi) is 3.83. The lowest BCUT2D eigenvalue weighted by Crippen LogP contribution is -2.46.